The van der Waals surface area contributed by atoms with Crippen molar-refractivity contribution in [1.82, 2.24) is 0 Å². The van der Waals surface area contributed by atoms with Crippen LogP contribution < -0.4 is 9.47 Å². The molecule has 0 bridgehead atoms. The summed E-state index contributed by atoms with van der Waals surface area (Å²) in [6, 6.07) is 6.05. The number of epoxide rings is 1. The average Bonchev–Trinajstić information content (AvgIpc) is 3.12. The summed E-state index contributed by atoms with van der Waals surface area (Å²) in [5.74, 6) is 1.65. The van der Waals surface area contributed by atoms with Gasteiger partial charge < -0.3 is 14.2 Å². The molecule has 3 heteroatoms. The van der Waals surface area contributed by atoms with Crippen molar-refractivity contribution in [3.05, 3.63) is 35.4 Å². The Balaban J connectivity index is 1.83. The van der Waals surface area contributed by atoms with Gasteiger partial charge in [-0.1, -0.05) is 23.8 Å². The van der Waals surface area contributed by atoms with Gasteiger partial charge in [-0.2, -0.15) is 0 Å². The molecule has 0 aliphatic carbocycles. The van der Waals surface area contributed by atoms with Crippen LogP contribution in [0.5, 0.6) is 11.5 Å². The van der Waals surface area contributed by atoms with Gasteiger partial charge in [0.15, 0.2) is 11.5 Å². The quantitative estimate of drug-likeness (QED) is 0.522. The van der Waals surface area contributed by atoms with E-state index in [4.69, 9.17) is 14.2 Å². The first-order valence-electron chi connectivity index (χ1n) is 8.01. The summed E-state index contributed by atoms with van der Waals surface area (Å²) < 4.78 is 16.4. The fourth-order valence-corrected chi connectivity index (χ4v) is 2.82. The standard InChI is InChI=1S/C19H28O3/c1-14(12-13-17-19(2,3)22-17)8-6-9-15-10-7-11-16(20-4)18(15)21-5/h7-8,10-11,17H,6,9,12-13H2,1-5H3/b14-8+. The molecule has 0 aromatic heterocycles. The van der Waals surface area contributed by atoms with Gasteiger partial charge in [0.1, 0.15) is 0 Å². The Morgan fingerprint density at radius 2 is 2.00 bits per heavy atom. The van der Waals surface area contributed by atoms with Crippen molar-refractivity contribution in [3.8, 4) is 11.5 Å². The molecule has 1 heterocycles. The van der Waals surface area contributed by atoms with E-state index in [0.717, 1.165) is 37.2 Å². The van der Waals surface area contributed by atoms with E-state index in [1.165, 1.54) is 11.1 Å². The van der Waals surface area contributed by atoms with E-state index in [-0.39, 0.29) is 5.60 Å². The molecule has 3 nitrogen and oxygen atoms in total. The molecule has 0 spiro atoms. The van der Waals surface area contributed by atoms with Crippen molar-refractivity contribution in [2.45, 2.75) is 58.2 Å². The second kappa shape index (κ2) is 7.19. The normalized spacial score (nSPS) is 19.9. The zero-order valence-corrected chi connectivity index (χ0v) is 14.4. The highest BCUT2D eigenvalue weighted by molar-refractivity contribution is 5.46. The topological polar surface area (TPSA) is 31.0 Å². The van der Waals surface area contributed by atoms with Gasteiger partial charge >= 0.3 is 0 Å². The lowest BCUT2D eigenvalue weighted by molar-refractivity contribution is 0.320. The maximum atomic E-state index is 5.63. The lowest BCUT2D eigenvalue weighted by Gasteiger charge is -2.11. The van der Waals surface area contributed by atoms with Crippen LogP contribution in [0.1, 0.15) is 45.6 Å². The lowest BCUT2D eigenvalue weighted by atomic mass is 10.0. The first-order chi connectivity index (χ1) is 10.5. The first kappa shape index (κ1) is 16.9. The van der Waals surface area contributed by atoms with Crippen LogP contribution in [-0.4, -0.2) is 25.9 Å². The zero-order chi connectivity index (χ0) is 16.2. The second-order valence-electron chi connectivity index (χ2n) is 6.49. The molecule has 1 aromatic rings. The molecule has 1 saturated heterocycles. The van der Waals surface area contributed by atoms with Crippen molar-refractivity contribution >= 4 is 0 Å². The van der Waals surface area contributed by atoms with Crippen LogP contribution in [0.4, 0.5) is 0 Å². The van der Waals surface area contributed by atoms with E-state index in [0.29, 0.717) is 6.10 Å². The van der Waals surface area contributed by atoms with Crippen LogP contribution in [0.3, 0.4) is 0 Å². The number of aryl methyl sites for hydroxylation is 1. The Kier molecular flexibility index (Phi) is 5.52. The molecule has 1 unspecified atom stereocenters. The molecule has 0 radical (unpaired) electrons. The summed E-state index contributed by atoms with van der Waals surface area (Å²) in [4.78, 5) is 0. The minimum Gasteiger partial charge on any atom is -0.493 e. The molecule has 1 atom stereocenters. The second-order valence-corrected chi connectivity index (χ2v) is 6.49. The van der Waals surface area contributed by atoms with E-state index in [1.54, 1.807) is 14.2 Å². The Labute approximate surface area is 134 Å². The molecule has 2 rings (SSSR count). The van der Waals surface area contributed by atoms with Crippen LogP contribution in [0.15, 0.2) is 29.8 Å². The van der Waals surface area contributed by atoms with Gasteiger partial charge in [0.25, 0.3) is 0 Å². The molecule has 0 amide bonds. The number of para-hydroxylation sites is 1. The third-order valence-electron chi connectivity index (χ3n) is 4.36. The van der Waals surface area contributed by atoms with Crippen molar-refractivity contribution in [1.29, 1.82) is 0 Å². The predicted molar refractivity (Wildman–Crippen MR) is 89.8 cm³/mol. The van der Waals surface area contributed by atoms with Gasteiger partial charge in [-0.05, 0) is 58.1 Å². The third-order valence-corrected chi connectivity index (χ3v) is 4.36. The molecular weight excluding hydrogens is 276 g/mol. The van der Waals surface area contributed by atoms with Crippen LogP contribution in [0, 0.1) is 0 Å². The Morgan fingerprint density at radius 3 is 2.59 bits per heavy atom. The molecule has 0 N–H and O–H groups in total. The molecule has 1 aliphatic heterocycles. The van der Waals surface area contributed by atoms with Crippen molar-refractivity contribution in [2.75, 3.05) is 14.2 Å². The van der Waals surface area contributed by atoms with Gasteiger partial charge in [-0.15, -0.1) is 0 Å². The van der Waals surface area contributed by atoms with Crippen molar-refractivity contribution < 1.29 is 14.2 Å². The first-order valence-corrected chi connectivity index (χ1v) is 8.01. The summed E-state index contributed by atoms with van der Waals surface area (Å²) in [5.41, 5.74) is 2.74. The summed E-state index contributed by atoms with van der Waals surface area (Å²) in [5, 5.41) is 0. The number of methoxy groups -OCH3 is 2. The SMILES string of the molecule is COc1cccc(CC/C=C(\C)CCC2OC2(C)C)c1OC. The van der Waals surface area contributed by atoms with E-state index in [1.807, 2.05) is 12.1 Å². The van der Waals surface area contributed by atoms with Gasteiger partial charge in [0, 0.05) is 0 Å². The van der Waals surface area contributed by atoms with Crippen molar-refractivity contribution in [2.24, 2.45) is 0 Å². The third kappa shape index (κ3) is 4.26. The van der Waals surface area contributed by atoms with Crippen molar-refractivity contribution in [3.63, 3.8) is 0 Å². The molecule has 1 fully saturated rings. The highest BCUT2D eigenvalue weighted by atomic mass is 16.6. The minimum atomic E-state index is 0.105. The Bertz CT molecular complexity index is 531. The van der Waals surface area contributed by atoms with Crippen LogP contribution in [-0.2, 0) is 11.2 Å². The van der Waals surface area contributed by atoms with E-state index in [2.05, 4.69) is 32.9 Å². The number of hydrogen-bond acceptors (Lipinski definition) is 3. The molecule has 1 aromatic carbocycles. The fraction of sp³-hybridized carbons (Fsp3) is 0.579. The maximum Gasteiger partial charge on any atom is 0.163 e. The number of rotatable bonds is 8. The van der Waals surface area contributed by atoms with Gasteiger partial charge in [-0.25, -0.2) is 0 Å². The average molecular weight is 304 g/mol. The predicted octanol–water partition coefficient (Wildman–Crippen LogP) is 4.54. The smallest absolute Gasteiger partial charge is 0.163 e. The number of ether oxygens (including phenoxy) is 3. The molecular formula is C19H28O3. The van der Waals surface area contributed by atoms with E-state index >= 15 is 0 Å². The van der Waals surface area contributed by atoms with Gasteiger partial charge in [0.2, 0.25) is 0 Å². The molecule has 1 aliphatic rings. The molecule has 0 saturated carbocycles. The van der Waals surface area contributed by atoms with Gasteiger partial charge in [-0.3, -0.25) is 0 Å². The highest BCUT2D eigenvalue weighted by Crippen LogP contribution is 2.39. The number of benzene rings is 1. The minimum absolute atomic E-state index is 0.105. The summed E-state index contributed by atoms with van der Waals surface area (Å²) in [6.07, 6.45) is 6.98. The number of allylic oxidation sites excluding steroid dienone is 2. The zero-order valence-electron chi connectivity index (χ0n) is 14.4. The lowest BCUT2D eigenvalue weighted by Crippen LogP contribution is -2.02. The number of hydrogen-bond donors (Lipinski definition) is 0. The summed E-state index contributed by atoms with van der Waals surface area (Å²) >= 11 is 0. The Morgan fingerprint density at radius 1 is 1.27 bits per heavy atom. The molecule has 22 heavy (non-hydrogen) atoms. The monoisotopic (exact) mass is 304 g/mol. The summed E-state index contributed by atoms with van der Waals surface area (Å²) in [6.45, 7) is 6.52. The molecule has 122 valence electrons. The maximum absolute atomic E-state index is 5.63. The fourth-order valence-electron chi connectivity index (χ4n) is 2.82. The van der Waals surface area contributed by atoms with Crippen LogP contribution in [0.25, 0.3) is 0 Å². The van der Waals surface area contributed by atoms with E-state index < -0.39 is 0 Å². The highest BCUT2D eigenvalue weighted by Gasteiger charge is 2.46. The largest absolute Gasteiger partial charge is 0.493 e. The van der Waals surface area contributed by atoms with Crippen LogP contribution >= 0.6 is 0 Å². The Hall–Kier alpha value is -1.48. The van der Waals surface area contributed by atoms with E-state index in [9.17, 15) is 0 Å². The van der Waals surface area contributed by atoms with Crippen LogP contribution in [0.2, 0.25) is 0 Å². The van der Waals surface area contributed by atoms with Gasteiger partial charge in [0.05, 0.1) is 25.9 Å². The summed E-state index contributed by atoms with van der Waals surface area (Å²) in [7, 11) is 3.37.